The van der Waals surface area contributed by atoms with Crippen molar-refractivity contribution >= 4 is 12.6 Å². The molecule has 0 amide bonds. The van der Waals surface area contributed by atoms with Crippen LogP contribution in [0.2, 0.25) is 0 Å². The van der Waals surface area contributed by atoms with Gasteiger partial charge in [0.15, 0.2) is 0 Å². The third-order valence-electron chi connectivity index (χ3n) is 6.63. The summed E-state index contributed by atoms with van der Waals surface area (Å²) in [5, 5.41) is 0. The molecule has 3 heteroatoms. The van der Waals surface area contributed by atoms with Gasteiger partial charge in [0.2, 0.25) is 0 Å². The zero-order chi connectivity index (χ0) is 21.1. The average molecular weight is 388 g/mol. The standard InChI is InChI=1S/C26H33BO2/c1-7-25(8-2)26(9-3,10-4)29-27(28-25)24-19-21(6)13-17-23(24)18-16-22-14-11-20(5)12-15-22/h11-15,17,19H,7-10H2,1-6H3. The molecule has 1 heterocycles. The molecule has 0 saturated carbocycles. The zero-order valence-corrected chi connectivity index (χ0v) is 18.8. The van der Waals surface area contributed by atoms with E-state index in [1.54, 1.807) is 0 Å². The third-order valence-corrected chi connectivity index (χ3v) is 6.63. The molecular formula is C26H33BO2. The normalized spacial score (nSPS) is 17.1. The van der Waals surface area contributed by atoms with E-state index in [1.165, 1.54) is 11.1 Å². The van der Waals surface area contributed by atoms with E-state index in [0.29, 0.717) is 0 Å². The summed E-state index contributed by atoms with van der Waals surface area (Å²) in [6.07, 6.45) is 3.77. The van der Waals surface area contributed by atoms with Crippen LogP contribution < -0.4 is 5.46 Å². The summed E-state index contributed by atoms with van der Waals surface area (Å²) in [5.41, 5.74) is 4.95. The Labute approximate surface area is 177 Å². The molecule has 1 aliphatic rings. The Morgan fingerprint density at radius 3 is 1.76 bits per heavy atom. The van der Waals surface area contributed by atoms with Gasteiger partial charge in [-0.25, -0.2) is 0 Å². The predicted molar refractivity (Wildman–Crippen MR) is 123 cm³/mol. The quantitative estimate of drug-likeness (QED) is 0.493. The maximum absolute atomic E-state index is 6.70. The molecule has 152 valence electrons. The summed E-state index contributed by atoms with van der Waals surface area (Å²) in [7, 11) is -0.378. The minimum absolute atomic E-state index is 0.257. The van der Waals surface area contributed by atoms with E-state index in [2.05, 4.69) is 95.8 Å². The second-order valence-electron chi connectivity index (χ2n) is 8.18. The van der Waals surface area contributed by atoms with E-state index in [0.717, 1.165) is 42.3 Å². The lowest BCUT2D eigenvalue weighted by Gasteiger charge is -2.42. The largest absolute Gasteiger partial charge is 0.496 e. The van der Waals surface area contributed by atoms with Crippen LogP contribution >= 0.6 is 0 Å². The number of hydrogen-bond donors (Lipinski definition) is 0. The SMILES string of the molecule is CCC1(CC)OB(c2cc(C)ccc2C#Cc2ccc(C)cc2)OC1(CC)CC. The van der Waals surface area contributed by atoms with Gasteiger partial charge in [0.25, 0.3) is 0 Å². The zero-order valence-electron chi connectivity index (χ0n) is 18.8. The van der Waals surface area contributed by atoms with Gasteiger partial charge >= 0.3 is 7.12 Å². The van der Waals surface area contributed by atoms with Crippen LogP contribution in [0, 0.1) is 25.7 Å². The van der Waals surface area contributed by atoms with Gasteiger partial charge in [0.1, 0.15) is 0 Å². The fourth-order valence-corrected chi connectivity index (χ4v) is 4.66. The highest BCUT2D eigenvalue weighted by atomic mass is 16.7. The van der Waals surface area contributed by atoms with Crippen molar-refractivity contribution in [2.75, 3.05) is 0 Å². The Balaban J connectivity index is 2.01. The fourth-order valence-electron chi connectivity index (χ4n) is 4.66. The van der Waals surface area contributed by atoms with Crippen molar-refractivity contribution in [2.45, 2.75) is 78.4 Å². The Kier molecular flexibility index (Phi) is 6.57. The molecule has 0 aromatic heterocycles. The van der Waals surface area contributed by atoms with Crippen LogP contribution in [0.1, 0.15) is 75.6 Å². The van der Waals surface area contributed by atoms with Crippen molar-refractivity contribution in [1.82, 2.24) is 0 Å². The van der Waals surface area contributed by atoms with Crippen molar-refractivity contribution in [3.63, 3.8) is 0 Å². The van der Waals surface area contributed by atoms with Gasteiger partial charge in [-0.1, -0.05) is 74.9 Å². The lowest BCUT2D eigenvalue weighted by atomic mass is 9.75. The van der Waals surface area contributed by atoms with Gasteiger partial charge in [0, 0.05) is 11.1 Å². The first-order valence-corrected chi connectivity index (χ1v) is 11.0. The molecular weight excluding hydrogens is 355 g/mol. The molecule has 1 aliphatic heterocycles. The lowest BCUT2D eigenvalue weighted by molar-refractivity contribution is -0.0601. The summed E-state index contributed by atoms with van der Waals surface area (Å²) < 4.78 is 13.4. The molecule has 1 fully saturated rings. The average Bonchev–Trinajstić information content (AvgIpc) is 3.09. The summed E-state index contributed by atoms with van der Waals surface area (Å²) in [6.45, 7) is 13.0. The second-order valence-corrected chi connectivity index (χ2v) is 8.18. The van der Waals surface area contributed by atoms with Crippen LogP contribution in [0.15, 0.2) is 42.5 Å². The molecule has 0 aliphatic carbocycles. The van der Waals surface area contributed by atoms with Gasteiger partial charge in [0.05, 0.1) is 11.2 Å². The Bertz CT molecular complexity index is 877. The highest BCUT2D eigenvalue weighted by molar-refractivity contribution is 6.63. The molecule has 0 spiro atoms. The molecule has 2 nitrogen and oxygen atoms in total. The van der Waals surface area contributed by atoms with Gasteiger partial charge in [-0.3, -0.25) is 0 Å². The Morgan fingerprint density at radius 2 is 1.24 bits per heavy atom. The molecule has 3 rings (SSSR count). The van der Waals surface area contributed by atoms with E-state index in [4.69, 9.17) is 9.31 Å². The first-order valence-electron chi connectivity index (χ1n) is 11.0. The summed E-state index contributed by atoms with van der Waals surface area (Å²) >= 11 is 0. The minimum atomic E-state index is -0.378. The monoisotopic (exact) mass is 388 g/mol. The van der Waals surface area contributed by atoms with E-state index in [1.807, 2.05) is 0 Å². The van der Waals surface area contributed by atoms with Crippen molar-refractivity contribution in [1.29, 1.82) is 0 Å². The highest BCUT2D eigenvalue weighted by Gasteiger charge is 2.58. The van der Waals surface area contributed by atoms with Gasteiger partial charge < -0.3 is 9.31 Å². The van der Waals surface area contributed by atoms with E-state index < -0.39 is 0 Å². The molecule has 0 N–H and O–H groups in total. The number of aryl methyl sites for hydroxylation is 2. The van der Waals surface area contributed by atoms with Crippen LogP contribution in [0.4, 0.5) is 0 Å². The molecule has 0 bridgehead atoms. The van der Waals surface area contributed by atoms with Crippen molar-refractivity contribution in [3.8, 4) is 11.8 Å². The number of rotatable bonds is 5. The molecule has 0 radical (unpaired) electrons. The van der Waals surface area contributed by atoms with Crippen molar-refractivity contribution in [3.05, 3.63) is 64.7 Å². The lowest BCUT2D eigenvalue weighted by Crippen LogP contribution is -2.50. The van der Waals surface area contributed by atoms with E-state index >= 15 is 0 Å². The first kappa shape index (κ1) is 21.7. The molecule has 0 atom stereocenters. The molecule has 2 aromatic rings. The molecule has 1 saturated heterocycles. The van der Waals surface area contributed by atoms with Gasteiger partial charge in [-0.05, 0) is 63.2 Å². The molecule has 2 aromatic carbocycles. The second kappa shape index (κ2) is 8.78. The number of benzene rings is 2. The maximum atomic E-state index is 6.70. The van der Waals surface area contributed by atoms with E-state index in [-0.39, 0.29) is 18.3 Å². The van der Waals surface area contributed by atoms with Crippen molar-refractivity contribution in [2.24, 2.45) is 0 Å². The number of hydrogen-bond acceptors (Lipinski definition) is 2. The third kappa shape index (κ3) is 4.02. The minimum Gasteiger partial charge on any atom is -0.399 e. The topological polar surface area (TPSA) is 18.5 Å². The first-order chi connectivity index (χ1) is 13.9. The molecule has 29 heavy (non-hydrogen) atoms. The Hall–Kier alpha value is -2.02. The maximum Gasteiger partial charge on any atom is 0.496 e. The molecule has 0 unspecified atom stereocenters. The predicted octanol–water partition coefficient (Wildman–Crippen LogP) is 5.56. The highest BCUT2D eigenvalue weighted by Crippen LogP contribution is 2.46. The van der Waals surface area contributed by atoms with Crippen molar-refractivity contribution < 1.29 is 9.31 Å². The van der Waals surface area contributed by atoms with Gasteiger partial charge in [-0.2, -0.15) is 0 Å². The fraction of sp³-hybridized carbons (Fsp3) is 0.462. The van der Waals surface area contributed by atoms with Crippen LogP contribution in [-0.4, -0.2) is 18.3 Å². The Morgan fingerprint density at radius 1 is 0.724 bits per heavy atom. The summed E-state index contributed by atoms with van der Waals surface area (Å²) in [5.74, 6) is 6.68. The smallest absolute Gasteiger partial charge is 0.399 e. The summed E-state index contributed by atoms with van der Waals surface area (Å²) in [4.78, 5) is 0. The van der Waals surface area contributed by atoms with Gasteiger partial charge in [-0.15, -0.1) is 0 Å². The summed E-state index contributed by atoms with van der Waals surface area (Å²) in [6, 6.07) is 14.7. The van der Waals surface area contributed by atoms with Crippen LogP contribution in [-0.2, 0) is 9.31 Å². The van der Waals surface area contributed by atoms with Crippen LogP contribution in [0.5, 0.6) is 0 Å². The van der Waals surface area contributed by atoms with Crippen LogP contribution in [0.3, 0.4) is 0 Å². The van der Waals surface area contributed by atoms with E-state index in [9.17, 15) is 0 Å². The van der Waals surface area contributed by atoms with Crippen LogP contribution in [0.25, 0.3) is 0 Å².